The number of aromatic carboxylic acids is 1. The maximum absolute atomic E-state index is 15.7. The number of carbonyl (C=O) groups is 1. The monoisotopic (exact) mass is 412 g/mol. The van der Waals surface area contributed by atoms with Crippen molar-refractivity contribution < 1.29 is 23.8 Å². The van der Waals surface area contributed by atoms with E-state index in [1.165, 1.54) is 4.57 Å². The minimum atomic E-state index is -1.42. The van der Waals surface area contributed by atoms with Crippen LogP contribution >= 0.6 is 0 Å². The summed E-state index contributed by atoms with van der Waals surface area (Å²) in [7, 11) is 0. The Morgan fingerprint density at radius 3 is 2.63 bits per heavy atom. The van der Waals surface area contributed by atoms with Crippen LogP contribution in [0.25, 0.3) is 10.9 Å². The average Bonchev–Trinajstić information content (AvgIpc) is 3.46. The number of fused-ring (bicyclic) bond motifs is 2. The first-order chi connectivity index (χ1) is 14.4. The van der Waals surface area contributed by atoms with Crippen LogP contribution in [-0.4, -0.2) is 20.7 Å². The van der Waals surface area contributed by atoms with Gasteiger partial charge in [-0.05, 0) is 35.6 Å². The lowest BCUT2D eigenvalue weighted by Gasteiger charge is -2.22. The standard InChI is InChI=1S/C22H18F2N2O4/c23-17-6-14-19(26(13-4-5-13)9-16(21(14)28)22(29)30)18(24)20(17)25-7-11-2-1-3-12(10-27)15(11)8-25/h1-3,6,9,13,27H,4-5,7-8,10H2,(H,29,30). The van der Waals surface area contributed by atoms with Gasteiger partial charge in [-0.3, -0.25) is 4.79 Å². The van der Waals surface area contributed by atoms with Crippen molar-refractivity contribution in [2.75, 3.05) is 4.90 Å². The van der Waals surface area contributed by atoms with Crippen molar-refractivity contribution >= 4 is 22.6 Å². The summed E-state index contributed by atoms with van der Waals surface area (Å²) < 4.78 is 32.2. The van der Waals surface area contributed by atoms with Gasteiger partial charge in [-0.15, -0.1) is 0 Å². The van der Waals surface area contributed by atoms with E-state index in [1.807, 2.05) is 6.07 Å². The molecule has 1 fully saturated rings. The zero-order valence-electron chi connectivity index (χ0n) is 15.9. The second kappa shape index (κ2) is 6.63. The number of carboxylic acid groups (broad SMARTS) is 1. The Morgan fingerprint density at radius 2 is 1.97 bits per heavy atom. The number of rotatable bonds is 4. The predicted molar refractivity (Wildman–Crippen MR) is 106 cm³/mol. The lowest BCUT2D eigenvalue weighted by Crippen LogP contribution is -2.23. The van der Waals surface area contributed by atoms with Crippen LogP contribution in [0.2, 0.25) is 0 Å². The van der Waals surface area contributed by atoms with Crippen molar-refractivity contribution in [2.45, 2.75) is 38.6 Å². The van der Waals surface area contributed by atoms with Crippen LogP contribution in [0.4, 0.5) is 14.5 Å². The summed E-state index contributed by atoms with van der Waals surface area (Å²) in [5.41, 5.74) is 0.702. The molecule has 0 saturated heterocycles. The van der Waals surface area contributed by atoms with Crippen LogP contribution in [0.3, 0.4) is 0 Å². The molecule has 1 aliphatic heterocycles. The molecule has 1 aliphatic carbocycles. The fourth-order valence-electron chi connectivity index (χ4n) is 4.31. The molecule has 2 aliphatic rings. The number of aliphatic hydroxyl groups excluding tert-OH is 1. The second-order valence-electron chi connectivity index (χ2n) is 7.80. The molecule has 2 aromatic carbocycles. The topological polar surface area (TPSA) is 82.8 Å². The first kappa shape index (κ1) is 18.7. The zero-order valence-corrected chi connectivity index (χ0v) is 15.9. The Morgan fingerprint density at radius 1 is 1.20 bits per heavy atom. The van der Waals surface area contributed by atoms with Crippen molar-refractivity contribution in [3.8, 4) is 0 Å². The Kier molecular flexibility index (Phi) is 4.14. The number of aliphatic hydroxyl groups is 1. The summed E-state index contributed by atoms with van der Waals surface area (Å²) in [5.74, 6) is -3.21. The third kappa shape index (κ3) is 2.71. The number of pyridine rings is 1. The first-order valence-electron chi connectivity index (χ1n) is 9.66. The Hall–Kier alpha value is -3.26. The molecule has 154 valence electrons. The van der Waals surface area contributed by atoms with Gasteiger partial charge in [-0.2, -0.15) is 0 Å². The average molecular weight is 412 g/mol. The highest BCUT2D eigenvalue weighted by Gasteiger charge is 2.32. The molecule has 2 heterocycles. The Balaban J connectivity index is 1.72. The fourth-order valence-corrected chi connectivity index (χ4v) is 4.31. The van der Waals surface area contributed by atoms with Crippen molar-refractivity contribution in [3.63, 3.8) is 0 Å². The molecule has 0 bridgehead atoms. The van der Waals surface area contributed by atoms with Crippen LogP contribution in [0, 0.1) is 11.6 Å². The molecule has 3 aromatic rings. The number of hydrogen-bond donors (Lipinski definition) is 2. The smallest absolute Gasteiger partial charge is 0.341 e. The van der Waals surface area contributed by atoms with Crippen LogP contribution in [0.15, 0.2) is 35.3 Å². The van der Waals surface area contributed by atoms with E-state index in [0.29, 0.717) is 5.56 Å². The van der Waals surface area contributed by atoms with E-state index < -0.39 is 28.6 Å². The summed E-state index contributed by atoms with van der Waals surface area (Å²) in [6, 6.07) is 6.24. The third-order valence-corrected chi connectivity index (χ3v) is 5.92. The second-order valence-corrected chi connectivity index (χ2v) is 7.80. The maximum atomic E-state index is 15.7. The van der Waals surface area contributed by atoms with Gasteiger partial charge in [0, 0.05) is 25.3 Å². The van der Waals surface area contributed by atoms with Gasteiger partial charge in [0.2, 0.25) is 5.43 Å². The van der Waals surface area contributed by atoms with Crippen molar-refractivity contribution in [3.05, 3.63) is 74.6 Å². The van der Waals surface area contributed by atoms with Crippen LogP contribution < -0.4 is 10.3 Å². The molecule has 0 radical (unpaired) electrons. The molecule has 6 nitrogen and oxygen atoms in total. The normalized spacial score (nSPS) is 15.6. The molecule has 1 aromatic heterocycles. The van der Waals surface area contributed by atoms with Crippen molar-refractivity contribution in [2.24, 2.45) is 0 Å². The minimum absolute atomic E-state index is 0.0674. The molecule has 8 heteroatoms. The van der Waals surface area contributed by atoms with Crippen LogP contribution in [-0.2, 0) is 19.7 Å². The third-order valence-electron chi connectivity index (χ3n) is 5.92. The number of aromatic nitrogens is 1. The van der Waals surface area contributed by atoms with Gasteiger partial charge in [0.15, 0.2) is 5.82 Å². The quantitative estimate of drug-likeness (QED) is 0.687. The van der Waals surface area contributed by atoms with Gasteiger partial charge >= 0.3 is 5.97 Å². The number of carboxylic acids is 1. The highest BCUT2D eigenvalue weighted by Crippen LogP contribution is 2.41. The Labute approximate surface area is 169 Å². The molecule has 2 N–H and O–H groups in total. The number of anilines is 1. The Bertz CT molecular complexity index is 1280. The van der Waals surface area contributed by atoms with Gasteiger partial charge in [0.1, 0.15) is 17.1 Å². The molecule has 30 heavy (non-hydrogen) atoms. The van der Waals surface area contributed by atoms with E-state index in [4.69, 9.17) is 0 Å². The summed E-state index contributed by atoms with van der Waals surface area (Å²) in [6.07, 6.45) is 2.63. The summed E-state index contributed by atoms with van der Waals surface area (Å²) in [6.45, 7) is 0.328. The van der Waals surface area contributed by atoms with E-state index >= 15 is 8.78 Å². The van der Waals surface area contributed by atoms with E-state index in [9.17, 15) is 19.8 Å². The van der Waals surface area contributed by atoms with E-state index in [2.05, 4.69) is 0 Å². The molecule has 1 saturated carbocycles. The fraction of sp³-hybridized carbons (Fsp3) is 0.273. The van der Waals surface area contributed by atoms with E-state index in [0.717, 1.165) is 36.2 Å². The lowest BCUT2D eigenvalue weighted by atomic mass is 10.0. The van der Waals surface area contributed by atoms with Crippen LogP contribution in [0.1, 0.15) is 45.9 Å². The van der Waals surface area contributed by atoms with E-state index in [-0.39, 0.29) is 42.3 Å². The summed E-state index contributed by atoms with van der Waals surface area (Å²) >= 11 is 0. The molecule has 0 spiro atoms. The number of nitrogens with zero attached hydrogens (tertiary/aromatic N) is 2. The van der Waals surface area contributed by atoms with E-state index in [1.54, 1.807) is 17.0 Å². The maximum Gasteiger partial charge on any atom is 0.341 e. The van der Waals surface area contributed by atoms with Gasteiger partial charge in [0.25, 0.3) is 0 Å². The number of hydrogen-bond acceptors (Lipinski definition) is 4. The summed E-state index contributed by atoms with van der Waals surface area (Å²) in [4.78, 5) is 25.6. The zero-order chi connectivity index (χ0) is 21.2. The highest BCUT2D eigenvalue weighted by molar-refractivity contribution is 5.94. The van der Waals surface area contributed by atoms with Crippen molar-refractivity contribution in [1.29, 1.82) is 0 Å². The number of halogens is 2. The lowest BCUT2D eigenvalue weighted by molar-refractivity contribution is 0.0694. The SMILES string of the molecule is O=C(O)c1cn(C2CC2)c2c(F)c(N3Cc4cccc(CO)c4C3)c(F)cc2c1=O. The summed E-state index contributed by atoms with van der Waals surface area (Å²) in [5, 5.41) is 18.6. The predicted octanol–water partition coefficient (Wildman–Crippen LogP) is 3.33. The van der Waals surface area contributed by atoms with Gasteiger partial charge in [0.05, 0.1) is 17.5 Å². The molecule has 0 unspecified atom stereocenters. The molecular formula is C22H18F2N2O4. The highest BCUT2D eigenvalue weighted by atomic mass is 19.1. The van der Waals surface area contributed by atoms with Gasteiger partial charge in [-0.1, -0.05) is 18.2 Å². The largest absolute Gasteiger partial charge is 0.477 e. The van der Waals surface area contributed by atoms with Crippen LogP contribution in [0.5, 0.6) is 0 Å². The number of benzene rings is 2. The van der Waals surface area contributed by atoms with Gasteiger partial charge in [-0.25, -0.2) is 13.6 Å². The minimum Gasteiger partial charge on any atom is -0.477 e. The first-order valence-corrected chi connectivity index (χ1v) is 9.66. The van der Waals surface area contributed by atoms with Gasteiger partial charge < -0.3 is 19.7 Å². The van der Waals surface area contributed by atoms with Crippen molar-refractivity contribution in [1.82, 2.24) is 4.57 Å². The molecule has 5 rings (SSSR count). The molecule has 0 atom stereocenters. The molecule has 0 amide bonds. The molecular weight excluding hydrogens is 394 g/mol.